The average molecular weight is 340 g/mol. The molecule has 0 aromatic carbocycles. The fraction of sp³-hybridized carbons (Fsp3) is 0.429. The molecule has 0 unspecified atom stereocenters. The number of hydrogen-bond donors (Lipinski definition) is 0. The summed E-state index contributed by atoms with van der Waals surface area (Å²) in [7, 11) is 3.67. The van der Waals surface area contributed by atoms with Gasteiger partial charge < -0.3 is 9.32 Å². The Morgan fingerprint density at radius 3 is 2.65 bits per heavy atom. The van der Waals surface area contributed by atoms with Crippen LogP contribution in [-0.4, -0.2) is 27.6 Å². The maximum atomic E-state index is 12.3. The Morgan fingerprint density at radius 2 is 2.15 bits per heavy atom. The number of carbonyl (C=O) groups excluding carboxylic acids is 1. The summed E-state index contributed by atoms with van der Waals surface area (Å²) in [6.07, 6.45) is 0.365. The van der Waals surface area contributed by atoms with Gasteiger partial charge in [-0.1, -0.05) is 0 Å². The van der Waals surface area contributed by atoms with E-state index in [9.17, 15) is 4.79 Å². The van der Waals surface area contributed by atoms with Crippen molar-refractivity contribution in [3.8, 4) is 0 Å². The number of carbonyl (C=O) groups is 1. The van der Waals surface area contributed by atoms with Crippen LogP contribution in [0, 0.1) is 13.8 Å². The van der Waals surface area contributed by atoms with Gasteiger partial charge in [0.25, 0.3) is 0 Å². The molecular weight excluding hydrogens is 322 g/mol. The molecule has 0 aliphatic heterocycles. The van der Waals surface area contributed by atoms with Crippen LogP contribution in [0.15, 0.2) is 21.2 Å². The van der Waals surface area contributed by atoms with E-state index in [-0.39, 0.29) is 5.91 Å². The molecule has 6 heteroatoms. The highest BCUT2D eigenvalue weighted by Gasteiger charge is 2.17. The number of nitrogens with zero attached hydrogens (tertiary/aromatic N) is 3. The van der Waals surface area contributed by atoms with Crippen molar-refractivity contribution in [1.82, 2.24) is 14.7 Å². The highest BCUT2D eigenvalue weighted by Crippen LogP contribution is 2.17. The lowest BCUT2D eigenvalue weighted by Gasteiger charge is -2.15. The molecule has 0 atom stereocenters. The monoisotopic (exact) mass is 339 g/mol. The van der Waals surface area contributed by atoms with Crippen molar-refractivity contribution in [2.75, 3.05) is 7.05 Å². The zero-order chi connectivity index (χ0) is 14.9. The molecule has 2 heterocycles. The molecule has 0 fully saturated rings. The van der Waals surface area contributed by atoms with E-state index in [1.54, 1.807) is 11.9 Å². The van der Waals surface area contributed by atoms with Gasteiger partial charge in [0.2, 0.25) is 5.91 Å². The lowest BCUT2D eigenvalue weighted by Crippen LogP contribution is -2.27. The van der Waals surface area contributed by atoms with Gasteiger partial charge in [0.1, 0.15) is 5.76 Å². The normalized spacial score (nSPS) is 10.8. The molecule has 2 aromatic rings. The van der Waals surface area contributed by atoms with Crippen molar-refractivity contribution in [2.24, 2.45) is 7.05 Å². The summed E-state index contributed by atoms with van der Waals surface area (Å²) in [5, 5.41) is 4.33. The minimum Gasteiger partial charge on any atom is -0.452 e. The van der Waals surface area contributed by atoms with Gasteiger partial charge in [-0.3, -0.25) is 9.48 Å². The Hall–Kier alpha value is -1.56. The number of likely N-dealkylation sites (N-methyl/N-ethyl adjacent to an activating group) is 1. The van der Waals surface area contributed by atoms with Gasteiger partial charge in [-0.2, -0.15) is 5.10 Å². The summed E-state index contributed by atoms with van der Waals surface area (Å²) in [6.45, 7) is 4.37. The molecule has 2 aromatic heterocycles. The second-order valence-electron chi connectivity index (χ2n) is 4.91. The van der Waals surface area contributed by atoms with Crippen LogP contribution in [0.4, 0.5) is 0 Å². The Bertz CT molecular complexity index is 630. The van der Waals surface area contributed by atoms with Crippen molar-refractivity contribution in [1.29, 1.82) is 0 Å². The zero-order valence-electron chi connectivity index (χ0n) is 12.1. The summed E-state index contributed by atoms with van der Waals surface area (Å²) in [5.74, 6) is 0.809. The number of aryl methyl sites for hydroxylation is 2. The largest absolute Gasteiger partial charge is 0.452 e. The van der Waals surface area contributed by atoms with E-state index in [1.165, 1.54) is 0 Å². The van der Waals surface area contributed by atoms with Crippen molar-refractivity contribution in [3.63, 3.8) is 0 Å². The first-order chi connectivity index (χ1) is 9.38. The number of halogens is 1. The first kappa shape index (κ1) is 14.8. The maximum absolute atomic E-state index is 12.3. The molecule has 1 amide bonds. The molecule has 108 valence electrons. The first-order valence-electron chi connectivity index (χ1n) is 6.35. The summed E-state index contributed by atoms with van der Waals surface area (Å²) in [6, 6.07) is 3.68. The van der Waals surface area contributed by atoms with Crippen molar-refractivity contribution < 1.29 is 9.21 Å². The molecule has 0 aliphatic rings. The molecule has 0 aliphatic carbocycles. The average Bonchev–Trinajstić information content (AvgIpc) is 2.88. The van der Waals surface area contributed by atoms with Crippen LogP contribution in [-0.2, 0) is 24.8 Å². The number of furan rings is 1. The Kier molecular flexibility index (Phi) is 4.32. The van der Waals surface area contributed by atoms with Crippen LogP contribution in [0.3, 0.4) is 0 Å². The molecule has 0 N–H and O–H groups in total. The van der Waals surface area contributed by atoms with E-state index >= 15 is 0 Å². The molecule has 5 nitrogen and oxygen atoms in total. The molecule has 20 heavy (non-hydrogen) atoms. The minimum atomic E-state index is 0.0525. The van der Waals surface area contributed by atoms with Gasteiger partial charge in [-0.15, -0.1) is 0 Å². The lowest BCUT2D eigenvalue weighted by molar-refractivity contribution is -0.129. The maximum Gasteiger partial charge on any atom is 0.227 e. The molecule has 0 radical (unpaired) electrons. The van der Waals surface area contributed by atoms with E-state index < -0.39 is 0 Å². The molecule has 0 saturated carbocycles. The molecule has 0 bridgehead atoms. The third-order valence-corrected chi connectivity index (χ3v) is 3.86. The van der Waals surface area contributed by atoms with Crippen molar-refractivity contribution in [2.45, 2.75) is 26.8 Å². The minimum absolute atomic E-state index is 0.0525. The molecule has 2 rings (SSSR count). The summed E-state index contributed by atoms with van der Waals surface area (Å²) < 4.78 is 7.89. The summed E-state index contributed by atoms with van der Waals surface area (Å²) in [5.41, 5.74) is 2.95. The van der Waals surface area contributed by atoms with E-state index in [1.807, 2.05) is 37.7 Å². The van der Waals surface area contributed by atoms with Gasteiger partial charge in [0.05, 0.1) is 18.7 Å². The third kappa shape index (κ3) is 3.12. The molecular formula is C14H18BrN3O2. The predicted octanol–water partition coefficient (Wildman–Crippen LogP) is 2.59. The van der Waals surface area contributed by atoms with Gasteiger partial charge in [0, 0.05) is 25.4 Å². The van der Waals surface area contributed by atoms with Crippen molar-refractivity contribution >= 4 is 21.8 Å². The van der Waals surface area contributed by atoms with Crippen LogP contribution in [0.2, 0.25) is 0 Å². The van der Waals surface area contributed by atoms with Crippen LogP contribution in [0.25, 0.3) is 0 Å². The van der Waals surface area contributed by atoms with Gasteiger partial charge in [0.15, 0.2) is 4.67 Å². The Morgan fingerprint density at radius 1 is 1.45 bits per heavy atom. The first-order valence-corrected chi connectivity index (χ1v) is 7.15. The second kappa shape index (κ2) is 5.83. The van der Waals surface area contributed by atoms with Crippen molar-refractivity contribution in [3.05, 3.63) is 39.5 Å². The topological polar surface area (TPSA) is 51.3 Å². The molecule has 0 spiro atoms. The second-order valence-corrected chi connectivity index (χ2v) is 5.69. The van der Waals surface area contributed by atoms with E-state index in [0.717, 1.165) is 22.7 Å². The molecule has 0 saturated heterocycles. The van der Waals surface area contributed by atoms with Gasteiger partial charge in [-0.05, 0) is 41.9 Å². The highest BCUT2D eigenvalue weighted by molar-refractivity contribution is 9.10. The van der Waals surface area contributed by atoms with E-state index in [4.69, 9.17) is 4.42 Å². The zero-order valence-corrected chi connectivity index (χ0v) is 13.7. The number of amides is 1. The number of rotatable bonds is 4. The smallest absolute Gasteiger partial charge is 0.227 e. The highest BCUT2D eigenvalue weighted by atomic mass is 79.9. The SMILES string of the molecule is Cc1nn(C)c(C)c1CC(=O)N(C)Cc1ccc(Br)o1. The van der Waals surface area contributed by atoms with Gasteiger partial charge in [-0.25, -0.2) is 0 Å². The summed E-state index contributed by atoms with van der Waals surface area (Å²) in [4.78, 5) is 13.9. The van der Waals surface area contributed by atoms with Crippen LogP contribution in [0.1, 0.15) is 22.7 Å². The van der Waals surface area contributed by atoms with E-state index in [2.05, 4.69) is 21.0 Å². The van der Waals surface area contributed by atoms with Gasteiger partial charge >= 0.3 is 0 Å². The Labute approximate surface area is 126 Å². The van der Waals surface area contributed by atoms with Crippen LogP contribution in [0.5, 0.6) is 0 Å². The fourth-order valence-electron chi connectivity index (χ4n) is 2.12. The van der Waals surface area contributed by atoms with E-state index in [0.29, 0.717) is 17.6 Å². The Balaban J connectivity index is 2.04. The summed E-state index contributed by atoms with van der Waals surface area (Å²) >= 11 is 3.25. The predicted molar refractivity (Wildman–Crippen MR) is 79.3 cm³/mol. The third-order valence-electron chi connectivity index (χ3n) is 3.43. The van der Waals surface area contributed by atoms with Crippen LogP contribution < -0.4 is 0 Å². The standard InChI is InChI=1S/C14H18BrN3O2/c1-9-12(10(2)18(4)16-9)7-14(19)17(3)8-11-5-6-13(15)20-11/h5-6H,7-8H2,1-4H3. The number of aromatic nitrogens is 2. The van der Waals surface area contributed by atoms with Crippen LogP contribution >= 0.6 is 15.9 Å². The quantitative estimate of drug-likeness (QED) is 0.860. The number of hydrogen-bond acceptors (Lipinski definition) is 3. The fourth-order valence-corrected chi connectivity index (χ4v) is 2.46. The lowest BCUT2D eigenvalue weighted by atomic mass is 10.1.